The van der Waals surface area contributed by atoms with E-state index in [1.165, 1.54) is 11.8 Å². The summed E-state index contributed by atoms with van der Waals surface area (Å²) in [4.78, 5) is 6.84. The van der Waals surface area contributed by atoms with Gasteiger partial charge in [0.2, 0.25) is 0 Å². The lowest BCUT2D eigenvalue weighted by molar-refractivity contribution is -0.141. The zero-order valence-corrected chi connectivity index (χ0v) is 7.61. The first-order chi connectivity index (χ1) is 6.04. The molecule has 1 rings (SSSR count). The Balaban J connectivity index is 2.92. The summed E-state index contributed by atoms with van der Waals surface area (Å²) in [7, 11) is 0. The molecule has 2 nitrogen and oxygen atoms in total. The molecular weight excluding hydrogens is 201 g/mol. The van der Waals surface area contributed by atoms with Gasteiger partial charge in [-0.3, -0.25) is 0 Å². The number of nitrogens with zero attached hydrogens (tertiary/aromatic N) is 2. The third-order valence-electron chi connectivity index (χ3n) is 1.22. The first-order valence-electron chi connectivity index (χ1n) is 3.56. The van der Waals surface area contributed by atoms with Crippen molar-refractivity contribution < 1.29 is 13.2 Å². The van der Waals surface area contributed by atoms with Gasteiger partial charge in [-0.25, -0.2) is 9.97 Å². The van der Waals surface area contributed by atoms with Gasteiger partial charge in [-0.05, 0) is 5.75 Å². The molecule has 0 spiro atoms. The van der Waals surface area contributed by atoms with Crippen LogP contribution in [-0.4, -0.2) is 15.7 Å². The zero-order chi connectivity index (χ0) is 9.90. The van der Waals surface area contributed by atoms with Crippen molar-refractivity contribution in [2.24, 2.45) is 0 Å². The lowest BCUT2D eigenvalue weighted by atomic mass is 10.4. The average Bonchev–Trinajstić information content (AvgIpc) is 2.04. The fourth-order valence-electron chi connectivity index (χ4n) is 0.721. The van der Waals surface area contributed by atoms with Crippen molar-refractivity contribution in [3.8, 4) is 0 Å². The molecule has 0 saturated carbocycles. The van der Waals surface area contributed by atoms with Gasteiger partial charge >= 0.3 is 6.18 Å². The van der Waals surface area contributed by atoms with E-state index in [9.17, 15) is 13.2 Å². The second-order valence-electron chi connectivity index (χ2n) is 2.17. The standard InChI is InChI=1S/C7H7F3N2S/c1-2-13-6-3-5(7(8,9)10)11-4-12-6/h3-4H,2H2,1H3. The van der Waals surface area contributed by atoms with Gasteiger partial charge in [0.05, 0.1) is 5.03 Å². The second kappa shape index (κ2) is 3.95. The minimum atomic E-state index is -4.38. The maximum absolute atomic E-state index is 12.1. The molecule has 1 aromatic rings. The number of alkyl halides is 3. The highest BCUT2D eigenvalue weighted by Crippen LogP contribution is 2.28. The molecule has 0 unspecified atom stereocenters. The molecule has 0 saturated heterocycles. The fourth-order valence-corrected chi connectivity index (χ4v) is 1.33. The Morgan fingerprint density at radius 3 is 2.62 bits per heavy atom. The van der Waals surface area contributed by atoms with Crippen molar-refractivity contribution in [3.63, 3.8) is 0 Å². The molecule has 0 N–H and O–H groups in total. The van der Waals surface area contributed by atoms with E-state index in [0.29, 0.717) is 10.8 Å². The quantitative estimate of drug-likeness (QED) is 0.552. The van der Waals surface area contributed by atoms with Gasteiger partial charge in [0.15, 0.2) is 0 Å². The maximum atomic E-state index is 12.1. The van der Waals surface area contributed by atoms with Crippen molar-refractivity contribution in [2.45, 2.75) is 18.1 Å². The van der Waals surface area contributed by atoms with Crippen molar-refractivity contribution in [2.75, 3.05) is 5.75 Å². The van der Waals surface area contributed by atoms with Crippen LogP contribution in [0.1, 0.15) is 12.6 Å². The molecule has 72 valence electrons. The summed E-state index contributed by atoms with van der Waals surface area (Å²) >= 11 is 1.25. The first kappa shape index (κ1) is 10.3. The first-order valence-corrected chi connectivity index (χ1v) is 4.54. The number of thioether (sulfide) groups is 1. The summed E-state index contributed by atoms with van der Waals surface area (Å²) in [6.07, 6.45) is -3.45. The maximum Gasteiger partial charge on any atom is 0.433 e. The number of halogens is 3. The molecule has 13 heavy (non-hydrogen) atoms. The highest BCUT2D eigenvalue weighted by atomic mass is 32.2. The summed E-state index contributed by atoms with van der Waals surface area (Å²) in [6, 6.07) is 0.953. The third-order valence-corrected chi connectivity index (χ3v) is 2.03. The van der Waals surface area contributed by atoms with E-state index in [1.807, 2.05) is 6.92 Å². The molecule has 0 radical (unpaired) electrons. The molecule has 0 bridgehead atoms. The van der Waals surface area contributed by atoms with Crippen LogP contribution in [0.4, 0.5) is 13.2 Å². The minimum absolute atomic E-state index is 0.352. The molecule has 0 atom stereocenters. The van der Waals surface area contributed by atoms with E-state index in [-0.39, 0.29) is 0 Å². The minimum Gasteiger partial charge on any atom is -0.232 e. The van der Waals surface area contributed by atoms with Crippen LogP contribution in [0.3, 0.4) is 0 Å². The topological polar surface area (TPSA) is 25.8 Å². The van der Waals surface area contributed by atoms with Crippen LogP contribution >= 0.6 is 11.8 Å². The Morgan fingerprint density at radius 2 is 2.08 bits per heavy atom. The predicted molar refractivity (Wildman–Crippen MR) is 43.4 cm³/mol. The smallest absolute Gasteiger partial charge is 0.232 e. The number of hydrogen-bond acceptors (Lipinski definition) is 3. The van der Waals surface area contributed by atoms with Crippen LogP contribution < -0.4 is 0 Å². The second-order valence-corrected chi connectivity index (χ2v) is 3.46. The molecule has 0 amide bonds. The molecule has 0 aliphatic heterocycles. The molecule has 0 fully saturated rings. The van der Waals surface area contributed by atoms with Crippen LogP contribution in [0.2, 0.25) is 0 Å². The van der Waals surface area contributed by atoms with Gasteiger partial charge in [-0.2, -0.15) is 13.2 Å². The third kappa shape index (κ3) is 2.87. The number of hydrogen-bond donors (Lipinski definition) is 0. The highest BCUT2D eigenvalue weighted by Gasteiger charge is 2.32. The van der Waals surface area contributed by atoms with Crippen LogP contribution in [0.25, 0.3) is 0 Å². The molecule has 1 aromatic heterocycles. The van der Waals surface area contributed by atoms with Crippen LogP contribution in [0.15, 0.2) is 17.4 Å². The fraction of sp³-hybridized carbons (Fsp3) is 0.429. The lowest BCUT2D eigenvalue weighted by Crippen LogP contribution is -2.08. The van der Waals surface area contributed by atoms with Gasteiger partial charge in [0, 0.05) is 6.07 Å². The summed E-state index contributed by atoms with van der Waals surface area (Å²) in [6.45, 7) is 1.85. The number of aromatic nitrogens is 2. The van der Waals surface area contributed by atoms with Gasteiger partial charge in [-0.15, -0.1) is 11.8 Å². The SMILES string of the molecule is CCSc1cc(C(F)(F)F)ncn1. The largest absolute Gasteiger partial charge is 0.433 e. The van der Waals surface area contributed by atoms with E-state index >= 15 is 0 Å². The molecule has 1 heterocycles. The summed E-state index contributed by atoms with van der Waals surface area (Å²) < 4.78 is 36.3. The van der Waals surface area contributed by atoms with Gasteiger partial charge < -0.3 is 0 Å². The van der Waals surface area contributed by atoms with Crippen molar-refractivity contribution in [1.29, 1.82) is 0 Å². The molecule has 0 aromatic carbocycles. The Labute approximate surface area is 77.6 Å². The van der Waals surface area contributed by atoms with Crippen LogP contribution in [0, 0.1) is 0 Å². The number of rotatable bonds is 2. The molecule has 0 aliphatic carbocycles. The summed E-state index contributed by atoms with van der Waals surface area (Å²) in [5.74, 6) is 0.689. The van der Waals surface area contributed by atoms with Crippen molar-refractivity contribution in [1.82, 2.24) is 9.97 Å². The zero-order valence-electron chi connectivity index (χ0n) is 6.80. The predicted octanol–water partition coefficient (Wildman–Crippen LogP) is 2.61. The Kier molecular flexibility index (Phi) is 3.13. The summed E-state index contributed by atoms with van der Waals surface area (Å²) in [5.41, 5.74) is -0.890. The lowest BCUT2D eigenvalue weighted by Gasteiger charge is -2.05. The van der Waals surface area contributed by atoms with E-state index in [1.54, 1.807) is 0 Å². The molecular formula is C7H7F3N2S. The summed E-state index contributed by atoms with van der Waals surface area (Å²) in [5, 5.41) is 0.352. The normalized spacial score (nSPS) is 11.7. The highest BCUT2D eigenvalue weighted by molar-refractivity contribution is 7.99. The van der Waals surface area contributed by atoms with E-state index in [4.69, 9.17) is 0 Å². The van der Waals surface area contributed by atoms with Crippen LogP contribution in [-0.2, 0) is 6.18 Å². The van der Waals surface area contributed by atoms with Gasteiger partial charge in [0.1, 0.15) is 12.0 Å². The Morgan fingerprint density at radius 1 is 1.38 bits per heavy atom. The van der Waals surface area contributed by atoms with Crippen molar-refractivity contribution >= 4 is 11.8 Å². The van der Waals surface area contributed by atoms with E-state index < -0.39 is 11.9 Å². The van der Waals surface area contributed by atoms with Gasteiger partial charge in [0.25, 0.3) is 0 Å². The molecule has 0 aliphatic rings. The van der Waals surface area contributed by atoms with Crippen LogP contribution in [0.5, 0.6) is 0 Å². The van der Waals surface area contributed by atoms with Gasteiger partial charge in [-0.1, -0.05) is 6.92 Å². The van der Waals surface area contributed by atoms with E-state index in [2.05, 4.69) is 9.97 Å². The van der Waals surface area contributed by atoms with Crippen molar-refractivity contribution in [3.05, 3.63) is 18.1 Å². The monoisotopic (exact) mass is 208 g/mol. The van der Waals surface area contributed by atoms with E-state index in [0.717, 1.165) is 12.4 Å². The Hall–Kier alpha value is -0.780. The molecule has 6 heteroatoms. The Bertz CT molecular complexity index is 287. The average molecular weight is 208 g/mol.